The maximum absolute atomic E-state index is 12.1. The number of hydrogen-bond donors (Lipinski definition) is 1. The maximum atomic E-state index is 12.1. The van der Waals surface area contributed by atoms with Crippen LogP contribution in [0.5, 0.6) is 0 Å². The molecule has 2 aromatic rings. The quantitative estimate of drug-likeness (QED) is 0.373. The Bertz CT molecular complexity index is 739. The molecule has 0 spiro atoms. The molecule has 1 amide bonds. The van der Waals surface area contributed by atoms with E-state index in [2.05, 4.69) is 15.3 Å². The minimum Gasteiger partial charge on any atom is -0.326 e. The van der Waals surface area contributed by atoms with E-state index in [1.807, 2.05) is 20.1 Å². The number of aromatic nitrogens is 2. The van der Waals surface area contributed by atoms with E-state index in [1.54, 1.807) is 0 Å². The molecule has 7 nitrogen and oxygen atoms in total. The third kappa shape index (κ3) is 4.51. The first-order valence-corrected chi connectivity index (χ1v) is 8.55. The summed E-state index contributed by atoms with van der Waals surface area (Å²) in [7, 11) is 0. The Kier molecular flexibility index (Phi) is 5.86. The first-order valence-electron chi connectivity index (χ1n) is 7.33. The number of benzene rings is 1. The smallest absolute Gasteiger partial charge is 0.269 e. The van der Waals surface area contributed by atoms with Gasteiger partial charge in [-0.3, -0.25) is 14.9 Å². The number of thioether (sulfide) groups is 1. The van der Waals surface area contributed by atoms with Crippen LogP contribution in [0.4, 0.5) is 11.4 Å². The lowest BCUT2D eigenvalue weighted by molar-refractivity contribution is -0.384. The second kappa shape index (κ2) is 7.87. The Balaban J connectivity index is 1.97. The van der Waals surface area contributed by atoms with Crippen LogP contribution < -0.4 is 5.32 Å². The van der Waals surface area contributed by atoms with Crippen molar-refractivity contribution in [3.05, 3.63) is 51.3 Å². The number of nitrogens with zero attached hydrogens (tertiary/aromatic N) is 3. The molecule has 126 valence electrons. The third-order valence-electron chi connectivity index (χ3n) is 3.55. The van der Waals surface area contributed by atoms with E-state index < -0.39 is 4.92 Å². The molecule has 1 heterocycles. The fourth-order valence-electron chi connectivity index (χ4n) is 2.29. The molecule has 0 aliphatic rings. The molecule has 0 saturated carbocycles. The van der Waals surface area contributed by atoms with E-state index >= 15 is 0 Å². The molecule has 1 N–H and O–H groups in total. The number of carbonyl (C=O) groups is 1. The van der Waals surface area contributed by atoms with Crippen molar-refractivity contribution in [1.29, 1.82) is 0 Å². The van der Waals surface area contributed by atoms with Crippen LogP contribution in [0.15, 0.2) is 29.4 Å². The van der Waals surface area contributed by atoms with Gasteiger partial charge in [0.05, 0.1) is 4.92 Å². The minimum absolute atomic E-state index is 0.00900. The molecule has 0 saturated heterocycles. The number of aryl methyl sites for hydroxylation is 2. The van der Waals surface area contributed by atoms with E-state index in [0.717, 1.165) is 22.1 Å². The standard InChI is InChI=1S/C16H18N4O3S/c1-10-14(11(2)18-16(17-10)24-3)8-9-15(21)19-12-4-6-13(7-5-12)20(22)23/h4-7H,8-9H2,1-3H3,(H,19,21). The normalized spacial score (nSPS) is 10.5. The van der Waals surface area contributed by atoms with Gasteiger partial charge in [-0.05, 0) is 44.2 Å². The Morgan fingerprint density at radius 2 is 1.79 bits per heavy atom. The Hall–Kier alpha value is -2.48. The molecule has 1 aromatic carbocycles. The number of carbonyl (C=O) groups excluding carboxylic acids is 1. The van der Waals surface area contributed by atoms with Crippen LogP contribution in [0.1, 0.15) is 23.4 Å². The highest BCUT2D eigenvalue weighted by Crippen LogP contribution is 2.18. The van der Waals surface area contributed by atoms with Gasteiger partial charge in [0.25, 0.3) is 5.69 Å². The lowest BCUT2D eigenvalue weighted by atomic mass is 10.1. The molecule has 0 radical (unpaired) electrons. The third-order valence-corrected chi connectivity index (χ3v) is 4.09. The van der Waals surface area contributed by atoms with Crippen LogP contribution in [-0.4, -0.2) is 27.1 Å². The van der Waals surface area contributed by atoms with Gasteiger partial charge in [0.15, 0.2) is 5.16 Å². The summed E-state index contributed by atoms with van der Waals surface area (Å²) in [5.74, 6) is -0.156. The van der Waals surface area contributed by atoms with Gasteiger partial charge >= 0.3 is 0 Å². The largest absolute Gasteiger partial charge is 0.326 e. The molecular formula is C16H18N4O3S. The maximum Gasteiger partial charge on any atom is 0.269 e. The van der Waals surface area contributed by atoms with Crippen molar-refractivity contribution < 1.29 is 9.72 Å². The Labute approximate surface area is 144 Å². The van der Waals surface area contributed by atoms with E-state index in [0.29, 0.717) is 18.5 Å². The molecule has 0 aliphatic carbocycles. The molecule has 8 heteroatoms. The van der Waals surface area contributed by atoms with Crippen LogP contribution in [0.2, 0.25) is 0 Å². The molecule has 0 unspecified atom stereocenters. The van der Waals surface area contributed by atoms with Crippen LogP contribution in [-0.2, 0) is 11.2 Å². The van der Waals surface area contributed by atoms with Crippen LogP contribution in [0.25, 0.3) is 0 Å². The molecule has 1 aromatic heterocycles. The van der Waals surface area contributed by atoms with E-state index in [9.17, 15) is 14.9 Å². The first-order chi connectivity index (χ1) is 11.4. The van der Waals surface area contributed by atoms with Crippen molar-refractivity contribution in [2.24, 2.45) is 0 Å². The van der Waals surface area contributed by atoms with Crippen LogP contribution >= 0.6 is 11.8 Å². The SMILES string of the molecule is CSc1nc(C)c(CCC(=O)Nc2ccc([N+](=O)[O-])cc2)c(C)n1. The molecule has 0 atom stereocenters. The zero-order chi connectivity index (χ0) is 17.7. The number of anilines is 1. The summed E-state index contributed by atoms with van der Waals surface area (Å²) in [6.07, 6.45) is 2.76. The Morgan fingerprint density at radius 3 is 2.29 bits per heavy atom. The molecule has 2 rings (SSSR count). The van der Waals surface area contributed by atoms with Gasteiger partial charge in [0.1, 0.15) is 0 Å². The predicted octanol–water partition coefficient (Wildman–Crippen LogP) is 3.29. The average Bonchev–Trinajstić information content (AvgIpc) is 2.54. The van der Waals surface area contributed by atoms with Crippen molar-refractivity contribution in [2.75, 3.05) is 11.6 Å². The molecule has 0 fully saturated rings. The van der Waals surface area contributed by atoms with Crippen molar-refractivity contribution >= 4 is 29.0 Å². The zero-order valence-electron chi connectivity index (χ0n) is 13.7. The number of hydrogen-bond acceptors (Lipinski definition) is 6. The summed E-state index contributed by atoms with van der Waals surface area (Å²) in [5, 5.41) is 14.1. The summed E-state index contributed by atoms with van der Waals surface area (Å²) in [6.45, 7) is 3.83. The monoisotopic (exact) mass is 346 g/mol. The van der Waals surface area contributed by atoms with Crippen molar-refractivity contribution in [2.45, 2.75) is 31.8 Å². The topological polar surface area (TPSA) is 98.0 Å². The number of nitro groups is 1. The van der Waals surface area contributed by atoms with Gasteiger partial charge < -0.3 is 5.32 Å². The number of amides is 1. The molecule has 24 heavy (non-hydrogen) atoms. The highest BCUT2D eigenvalue weighted by atomic mass is 32.2. The lowest BCUT2D eigenvalue weighted by Crippen LogP contribution is -2.13. The molecular weight excluding hydrogens is 328 g/mol. The van der Waals surface area contributed by atoms with Crippen LogP contribution in [0.3, 0.4) is 0 Å². The number of nitrogens with one attached hydrogen (secondary N) is 1. The summed E-state index contributed by atoms with van der Waals surface area (Å²) >= 11 is 1.49. The lowest BCUT2D eigenvalue weighted by Gasteiger charge is -2.10. The zero-order valence-corrected chi connectivity index (χ0v) is 14.5. The second-order valence-corrected chi connectivity index (χ2v) is 5.99. The first kappa shape index (κ1) is 17.9. The fourth-order valence-corrected chi connectivity index (χ4v) is 2.75. The predicted molar refractivity (Wildman–Crippen MR) is 93.3 cm³/mol. The van der Waals surface area contributed by atoms with E-state index in [4.69, 9.17) is 0 Å². The number of non-ortho nitro benzene ring substituents is 1. The van der Waals surface area contributed by atoms with Gasteiger partial charge in [0, 0.05) is 35.6 Å². The average molecular weight is 346 g/mol. The highest BCUT2D eigenvalue weighted by molar-refractivity contribution is 7.98. The number of rotatable bonds is 6. The van der Waals surface area contributed by atoms with E-state index in [-0.39, 0.29) is 11.6 Å². The van der Waals surface area contributed by atoms with Gasteiger partial charge in [-0.25, -0.2) is 9.97 Å². The number of nitro benzene ring substituents is 1. The fraction of sp³-hybridized carbons (Fsp3) is 0.312. The second-order valence-electron chi connectivity index (χ2n) is 5.21. The van der Waals surface area contributed by atoms with Crippen molar-refractivity contribution in [3.8, 4) is 0 Å². The molecule has 0 bridgehead atoms. The van der Waals surface area contributed by atoms with Crippen molar-refractivity contribution in [1.82, 2.24) is 9.97 Å². The summed E-state index contributed by atoms with van der Waals surface area (Å²) in [4.78, 5) is 31.0. The van der Waals surface area contributed by atoms with Gasteiger partial charge in [0.2, 0.25) is 5.91 Å². The van der Waals surface area contributed by atoms with Crippen LogP contribution in [0, 0.1) is 24.0 Å². The Morgan fingerprint density at radius 1 is 1.21 bits per heavy atom. The van der Waals surface area contributed by atoms with Crippen molar-refractivity contribution in [3.63, 3.8) is 0 Å². The molecule has 0 aliphatic heterocycles. The minimum atomic E-state index is -0.477. The van der Waals surface area contributed by atoms with E-state index in [1.165, 1.54) is 36.0 Å². The summed E-state index contributed by atoms with van der Waals surface area (Å²) < 4.78 is 0. The van der Waals surface area contributed by atoms with Gasteiger partial charge in [-0.2, -0.15) is 0 Å². The summed E-state index contributed by atoms with van der Waals surface area (Å²) in [5.41, 5.74) is 3.27. The van der Waals surface area contributed by atoms with Gasteiger partial charge in [-0.15, -0.1) is 0 Å². The highest BCUT2D eigenvalue weighted by Gasteiger charge is 2.11. The van der Waals surface area contributed by atoms with Gasteiger partial charge in [-0.1, -0.05) is 11.8 Å². The summed E-state index contributed by atoms with van der Waals surface area (Å²) in [6, 6.07) is 5.75.